The molecule has 3 atom stereocenters. The lowest BCUT2D eigenvalue weighted by Gasteiger charge is -2.34. The third-order valence-corrected chi connectivity index (χ3v) is 4.16. The van der Waals surface area contributed by atoms with Crippen LogP contribution in [-0.2, 0) is 9.53 Å². The summed E-state index contributed by atoms with van der Waals surface area (Å²) in [6.07, 6.45) is 2.83. The van der Waals surface area contributed by atoms with Crippen molar-refractivity contribution in [1.82, 2.24) is 5.32 Å². The Bertz CT molecular complexity index is 485. The summed E-state index contributed by atoms with van der Waals surface area (Å²) < 4.78 is 5.30. The van der Waals surface area contributed by atoms with Crippen molar-refractivity contribution in [3.05, 3.63) is 11.6 Å². The van der Waals surface area contributed by atoms with E-state index in [-0.39, 0.29) is 17.1 Å². The quantitative estimate of drug-likeness (QED) is 0.770. The Morgan fingerprint density at radius 3 is 2.26 bits per heavy atom. The van der Waals surface area contributed by atoms with Crippen LogP contribution in [0.4, 0.5) is 4.79 Å². The molecular weight excluding hydrogens is 314 g/mol. The molecule has 1 N–H and O–H groups in total. The summed E-state index contributed by atoms with van der Waals surface area (Å²) >= 11 is 6.16. The van der Waals surface area contributed by atoms with E-state index in [0.717, 1.165) is 12.0 Å². The molecule has 1 aliphatic rings. The van der Waals surface area contributed by atoms with Gasteiger partial charge in [0.05, 0.1) is 0 Å². The first kappa shape index (κ1) is 20.0. The molecule has 0 spiro atoms. The third-order valence-electron chi connectivity index (χ3n) is 3.81. The highest BCUT2D eigenvalue weighted by Gasteiger charge is 2.37. The molecule has 0 aromatic carbocycles. The van der Waals surface area contributed by atoms with Gasteiger partial charge in [-0.25, -0.2) is 4.79 Å². The molecule has 5 heteroatoms. The van der Waals surface area contributed by atoms with Crippen LogP contribution in [0.25, 0.3) is 0 Å². The van der Waals surface area contributed by atoms with Crippen molar-refractivity contribution < 1.29 is 14.3 Å². The van der Waals surface area contributed by atoms with Crippen LogP contribution in [0.2, 0.25) is 0 Å². The van der Waals surface area contributed by atoms with Crippen LogP contribution in [0.3, 0.4) is 0 Å². The zero-order valence-corrected chi connectivity index (χ0v) is 16.1. The van der Waals surface area contributed by atoms with Crippen LogP contribution in [0.15, 0.2) is 11.6 Å². The number of alkyl carbamates (subject to hydrolysis) is 1. The summed E-state index contributed by atoms with van der Waals surface area (Å²) in [6.45, 7) is 13.2. The molecule has 1 aliphatic carbocycles. The second-order valence-electron chi connectivity index (χ2n) is 8.44. The average Bonchev–Trinajstić information content (AvgIpc) is 2.31. The largest absolute Gasteiger partial charge is 0.444 e. The van der Waals surface area contributed by atoms with Gasteiger partial charge in [-0.2, -0.15) is 0 Å². The predicted octanol–water partition coefficient (Wildman–Crippen LogP) is 4.46. The molecule has 1 rings (SSSR count). The van der Waals surface area contributed by atoms with Gasteiger partial charge >= 0.3 is 6.09 Å². The summed E-state index contributed by atoms with van der Waals surface area (Å²) in [4.78, 5) is 25.1. The molecule has 0 radical (unpaired) electrons. The fraction of sp³-hybridized carbons (Fsp3) is 0.778. The number of allylic oxidation sites excluding steroid dienone is 1. The van der Waals surface area contributed by atoms with Gasteiger partial charge in [0.25, 0.3) is 0 Å². The lowest BCUT2D eigenvalue weighted by molar-refractivity contribution is -0.120. The Kier molecular flexibility index (Phi) is 6.31. The third kappa shape index (κ3) is 6.17. The standard InChI is InChI=1S/C18H30ClNO3/c1-11-10-12(19)8-9-13(11)14(21)15(17(2,3)4)20-16(22)23-18(5,6)7/h9,11-12,15H,8,10H2,1-7H3,(H,20,22). The zero-order chi connectivity index (χ0) is 18.0. The highest BCUT2D eigenvalue weighted by atomic mass is 35.5. The van der Waals surface area contributed by atoms with Gasteiger partial charge in [-0.05, 0) is 50.5 Å². The lowest BCUT2D eigenvalue weighted by Crippen LogP contribution is -2.51. The first-order chi connectivity index (χ1) is 10.3. The van der Waals surface area contributed by atoms with Gasteiger partial charge in [0, 0.05) is 5.38 Å². The van der Waals surface area contributed by atoms with Gasteiger partial charge in [-0.3, -0.25) is 4.79 Å². The summed E-state index contributed by atoms with van der Waals surface area (Å²) in [5.41, 5.74) is -0.247. The van der Waals surface area contributed by atoms with E-state index < -0.39 is 23.2 Å². The van der Waals surface area contributed by atoms with Crippen LogP contribution in [-0.4, -0.2) is 28.9 Å². The molecule has 4 nitrogen and oxygen atoms in total. The van der Waals surface area contributed by atoms with Crippen molar-refractivity contribution in [3.8, 4) is 0 Å². The van der Waals surface area contributed by atoms with Crippen LogP contribution in [0.5, 0.6) is 0 Å². The smallest absolute Gasteiger partial charge is 0.408 e. The number of ketones is 1. The maximum Gasteiger partial charge on any atom is 0.408 e. The predicted molar refractivity (Wildman–Crippen MR) is 93.7 cm³/mol. The van der Waals surface area contributed by atoms with Gasteiger partial charge in [0.1, 0.15) is 11.6 Å². The molecule has 0 saturated heterocycles. The molecule has 0 fully saturated rings. The van der Waals surface area contributed by atoms with Crippen LogP contribution in [0.1, 0.15) is 61.3 Å². The van der Waals surface area contributed by atoms with Crippen LogP contribution in [0, 0.1) is 11.3 Å². The summed E-state index contributed by atoms with van der Waals surface area (Å²) in [5.74, 6) is 0.0588. The minimum atomic E-state index is -0.627. The van der Waals surface area contributed by atoms with Crippen molar-refractivity contribution in [1.29, 1.82) is 0 Å². The molecular formula is C18H30ClNO3. The van der Waals surface area contributed by atoms with E-state index >= 15 is 0 Å². The van der Waals surface area contributed by atoms with Gasteiger partial charge in [-0.15, -0.1) is 11.6 Å². The Hall–Kier alpha value is -1.03. The summed E-state index contributed by atoms with van der Waals surface area (Å²) in [6, 6.07) is -0.627. The molecule has 3 unspecified atom stereocenters. The SMILES string of the molecule is CC1CC(Cl)CC=C1C(=O)C(NC(=O)OC(C)(C)C)C(C)(C)C. The minimum absolute atomic E-state index is 0.0422. The number of nitrogens with one attached hydrogen (secondary N) is 1. The molecule has 0 heterocycles. The number of hydrogen-bond acceptors (Lipinski definition) is 3. The number of halogens is 1. The number of carbonyl (C=O) groups is 2. The van der Waals surface area contributed by atoms with Crippen molar-refractivity contribution in [3.63, 3.8) is 0 Å². The van der Waals surface area contributed by atoms with Crippen LogP contribution < -0.4 is 5.32 Å². The summed E-state index contributed by atoms with van der Waals surface area (Å²) in [5, 5.41) is 2.84. The average molecular weight is 344 g/mol. The molecule has 23 heavy (non-hydrogen) atoms. The van der Waals surface area contributed by atoms with Crippen molar-refractivity contribution in [2.24, 2.45) is 11.3 Å². The number of hydrogen-bond donors (Lipinski definition) is 1. The maximum absolute atomic E-state index is 13.0. The molecule has 132 valence electrons. The van der Waals surface area contributed by atoms with E-state index in [9.17, 15) is 9.59 Å². The second-order valence-corrected chi connectivity index (χ2v) is 9.06. The van der Waals surface area contributed by atoms with Gasteiger partial charge in [0.15, 0.2) is 5.78 Å². The van der Waals surface area contributed by atoms with E-state index in [1.54, 1.807) is 20.8 Å². The van der Waals surface area contributed by atoms with Gasteiger partial charge in [0.2, 0.25) is 0 Å². The topological polar surface area (TPSA) is 55.4 Å². The number of amides is 1. The van der Waals surface area contributed by atoms with Gasteiger partial charge in [-0.1, -0.05) is 33.8 Å². The fourth-order valence-corrected chi connectivity index (χ4v) is 3.03. The van der Waals surface area contributed by atoms with E-state index in [1.165, 1.54) is 0 Å². The Morgan fingerprint density at radius 2 is 1.83 bits per heavy atom. The van der Waals surface area contributed by atoms with Crippen molar-refractivity contribution >= 4 is 23.5 Å². The Balaban J connectivity index is 2.95. The number of Topliss-reactive ketones (excluding diaryl/α,β-unsaturated/α-hetero) is 1. The fourth-order valence-electron chi connectivity index (χ4n) is 2.67. The molecule has 0 saturated carbocycles. The normalized spacial score (nSPS) is 23.7. The van der Waals surface area contributed by atoms with E-state index in [1.807, 2.05) is 33.8 Å². The van der Waals surface area contributed by atoms with Crippen LogP contribution >= 0.6 is 11.6 Å². The molecule has 0 aromatic heterocycles. The number of ether oxygens (including phenoxy) is 1. The number of carbonyl (C=O) groups excluding carboxylic acids is 2. The first-order valence-corrected chi connectivity index (χ1v) is 8.62. The van der Waals surface area contributed by atoms with Crippen molar-refractivity contribution in [2.75, 3.05) is 0 Å². The van der Waals surface area contributed by atoms with Crippen molar-refractivity contribution in [2.45, 2.75) is 78.3 Å². The second kappa shape index (κ2) is 7.25. The molecule has 0 aromatic rings. The Morgan fingerprint density at radius 1 is 1.26 bits per heavy atom. The molecule has 0 bridgehead atoms. The van der Waals surface area contributed by atoms with Gasteiger partial charge < -0.3 is 10.1 Å². The Labute approximate surface area is 145 Å². The minimum Gasteiger partial charge on any atom is -0.444 e. The summed E-state index contributed by atoms with van der Waals surface area (Å²) in [7, 11) is 0. The van der Waals surface area contributed by atoms with E-state index in [2.05, 4.69) is 5.32 Å². The first-order valence-electron chi connectivity index (χ1n) is 8.19. The maximum atomic E-state index is 13.0. The zero-order valence-electron chi connectivity index (χ0n) is 15.3. The van der Waals surface area contributed by atoms with E-state index in [4.69, 9.17) is 16.3 Å². The highest BCUT2D eigenvalue weighted by Crippen LogP contribution is 2.32. The molecule has 0 aliphatic heterocycles. The number of alkyl halides is 1. The monoisotopic (exact) mass is 343 g/mol. The van der Waals surface area contributed by atoms with E-state index in [0.29, 0.717) is 6.42 Å². The lowest BCUT2D eigenvalue weighted by atomic mass is 9.77. The highest BCUT2D eigenvalue weighted by molar-refractivity contribution is 6.21. The number of rotatable bonds is 3. The molecule has 1 amide bonds.